The van der Waals surface area contributed by atoms with E-state index in [1.165, 1.54) is 13.1 Å². The fraction of sp³-hybridized carbons (Fsp3) is 1.00. The van der Waals surface area contributed by atoms with E-state index < -0.39 is 0 Å². The van der Waals surface area contributed by atoms with Crippen molar-refractivity contribution < 1.29 is 0 Å². The topological polar surface area (TPSA) is 3.24 Å². The van der Waals surface area contributed by atoms with Crippen molar-refractivity contribution in [1.82, 2.24) is 4.90 Å². The molecule has 1 saturated heterocycles. The van der Waals surface area contributed by atoms with E-state index in [-0.39, 0.29) is 7.43 Å². The van der Waals surface area contributed by atoms with Gasteiger partial charge in [0, 0.05) is 13.1 Å². The van der Waals surface area contributed by atoms with Crippen molar-refractivity contribution in [1.29, 1.82) is 0 Å². The van der Waals surface area contributed by atoms with Crippen LogP contribution in [0.5, 0.6) is 0 Å². The maximum absolute atomic E-state index is 2.37. The van der Waals surface area contributed by atoms with Crippen LogP contribution >= 0.6 is 0 Å². The van der Waals surface area contributed by atoms with E-state index in [1.54, 1.807) is 0 Å². The Bertz CT molecular complexity index is 72.6. The molecule has 56 valence electrons. The summed E-state index contributed by atoms with van der Waals surface area (Å²) in [5.74, 6) is 1.88. The molecule has 0 saturated carbocycles. The summed E-state index contributed by atoms with van der Waals surface area (Å²) in [5, 5.41) is 0. The van der Waals surface area contributed by atoms with Crippen molar-refractivity contribution in [2.45, 2.75) is 21.3 Å². The lowest BCUT2D eigenvalue weighted by atomic mass is 9.89. The third-order valence-electron chi connectivity index (χ3n) is 2.04. The molecule has 1 nitrogen and oxygen atoms in total. The SMILES string of the molecule is C.CC(C)C1CN(C)C1. The van der Waals surface area contributed by atoms with Crippen molar-refractivity contribution in [3.63, 3.8) is 0 Å². The van der Waals surface area contributed by atoms with Crippen molar-refractivity contribution in [3.8, 4) is 0 Å². The van der Waals surface area contributed by atoms with E-state index in [0.29, 0.717) is 0 Å². The van der Waals surface area contributed by atoms with E-state index >= 15 is 0 Å². The van der Waals surface area contributed by atoms with Crippen molar-refractivity contribution in [2.75, 3.05) is 20.1 Å². The molecule has 1 fully saturated rings. The van der Waals surface area contributed by atoms with E-state index in [0.717, 1.165) is 11.8 Å². The zero-order valence-corrected chi connectivity index (χ0v) is 6.02. The van der Waals surface area contributed by atoms with Gasteiger partial charge in [-0.15, -0.1) is 0 Å². The van der Waals surface area contributed by atoms with Gasteiger partial charge in [0.2, 0.25) is 0 Å². The Morgan fingerprint density at radius 1 is 1.33 bits per heavy atom. The molecule has 0 aliphatic carbocycles. The minimum absolute atomic E-state index is 0. The molecule has 1 heterocycles. The summed E-state index contributed by atoms with van der Waals surface area (Å²) in [5.41, 5.74) is 0. The number of hydrogen-bond donors (Lipinski definition) is 0. The molecule has 1 rings (SSSR count). The normalized spacial score (nSPS) is 21.3. The lowest BCUT2D eigenvalue weighted by Gasteiger charge is -2.38. The Morgan fingerprint density at radius 2 is 1.78 bits per heavy atom. The third-order valence-corrected chi connectivity index (χ3v) is 2.04. The van der Waals surface area contributed by atoms with Gasteiger partial charge in [-0.05, 0) is 18.9 Å². The van der Waals surface area contributed by atoms with Crippen LogP contribution in [0.15, 0.2) is 0 Å². The Morgan fingerprint density at radius 3 is 1.89 bits per heavy atom. The first-order chi connectivity index (χ1) is 3.70. The zero-order chi connectivity index (χ0) is 6.15. The molecule has 0 atom stereocenters. The maximum atomic E-state index is 2.37. The largest absolute Gasteiger partial charge is 0.306 e. The molecule has 1 aliphatic heterocycles. The summed E-state index contributed by atoms with van der Waals surface area (Å²) < 4.78 is 0. The fourth-order valence-corrected chi connectivity index (χ4v) is 1.17. The first-order valence-electron chi connectivity index (χ1n) is 3.38. The van der Waals surface area contributed by atoms with Crippen LogP contribution < -0.4 is 0 Å². The van der Waals surface area contributed by atoms with Gasteiger partial charge in [-0.2, -0.15) is 0 Å². The van der Waals surface area contributed by atoms with E-state index in [1.807, 2.05) is 0 Å². The van der Waals surface area contributed by atoms with Crippen LogP contribution in [0.1, 0.15) is 21.3 Å². The van der Waals surface area contributed by atoms with Crippen molar-refractivity contribution in [2.24, 2.45) is 11.8 Å². The summed E-state index contributed by atoms with van der Waals surface area (Å²) in [4.78, 5) is 2.37. The summed E-state index contributed by atoms with van der Waals surface area (Å²) >= 11 is 0. The Kier molecular flexibility index (Phi) is 3.20. The van der Waals surface area contributed by atoms with Gasteiger partial charge in [0.1, 0.15) is 0 Å². The van der Waals surface area contributed by atoms with Crippen LogP contribution in [-0.4, -0.2) is 25.0 Å². The second-order valence-corrected chi connectivity index (χ2v) is 3.23. The molecular formula is C8H19N. The second kappa shape index (κ2) is 3.21. The predicted octanol–water partition coefficient (Wildman–Crippen LogP) is 1.84. The third kappa shape index (κ3) is 1.98. The average molecular weight is 129 g/mol. The molecular weight excluding hydrogens is 110 g/mol. The van der Waals surface area contributed by atoms with E-state index in [9.17, 15) is 0 Å². The van der Waals surface area contributed by atoms with Gasteiger partial charge in [0.05, 0.1) is 0 Å². The molecule has 9 heavy (non-hydrogen) atoms. The van der Waals surface area contributed by atoms with Crippen LogP contribution in [-0.2, 0) is 0 Å². The molecule has 0 aromatic carbocycles. The molecule has 0 aromatic heterocycles. The summed E-state index contributed by atoms with van der Waals surface area (Å²) in [6.07, 6.45) is 0. The molecule has 0 radical (unpaired) electrons. The van der Waals surface area contributed by atoms with Gasteiger partial charge in [0.15, 0.2) is 0 Å². The summed E-state index contributed by atoms with van der Waals surface area (Å²) in [6, 6.07) is 0. The van der Waals surface area contributed by atoms with Crippen LogP contribution in [0.25, 0.3) is 0 Å². The number of nitrogens with zero attached hydrogens (tertiary/aromatic N) is 1. The van der Waals surface area contributed by atoms with Crippen LogP contribution in [0.2, 0.25) is 0 Å². The number of likely N-dealkylation sites (tertiary alicyclic amines) is 1. The Labute approximate surface area is 59.1 Å². The van der Waals surface area contributed by atoms with Gasteiger partial charge in [0.25, 0.3) is 0 Å². The highest BCUT2D eigenvalue weighted by molar-refractivity contribution is 4.78. The molecule has 1 heteroatoms. The van der Waals surface area contributed by atoms with Gasteiger partial charge >= 0.3 is 0 Å². The minimum Gasteiger partial charge on any atom is -0.306 e. The van der Waals surface area contributed by atoms with Gasteiger partial charge < -0.3 is 4.90 Å². The highest BCUT2D eigenvalue weighted by atomic mass is 15.2. The minimum atomic E-state index is 0. The molecule has 0 spiro atoms. The second-order valence-electron chi connectivity index (χ2n) is 3.23. The lowest BCUT2D eigenvalue weighted by molar-refractivity contribution is 0.0967. The molecule has 0 bridgehead atoms. The van der Waals surface area contributed by atoms with Gasteiger partial charge in [-0.25, -0.2) is 0 Å². The molecule has 0 N–H and O–H groups in total. The fourth-order valence-electron chi connectivity index (χ4n) is 1.17. The van der Waals surface area contributed by atoms with Crippen LogP contribution in [0, 0.1) is 11.8 Å². The monoisotopic (exact) mass is 129 g/mol. The molecule has 0 amide bonds. The highest BCUT2D eigenvalue weighted by Crippen LogP contribution is 2.20. The van der Waals surface area contributed by atoms with Crippen molar-refractivity contribution in [3.05, 3.63) is 0 Å². The number of rotatable bonds is 1. The lowest BCUT2D eigenvalue weighted by Crippen LogP contribution is -2.46. The molecule has 0 unspecified atom stereocenters. The van der Waals surface area contributed by atoms with E-state index in [4.69, 9.17) is 0 Å². The molecule has 1 aliphatic rings. The maximum Gasteiger partial charge on any atom is 0.00214 e. The summed E-state index contributed by atoms with van der Waals surface area (Å²) in [7, 11) is 2.18. The first-order valence-corrected chi connectivity index (χ1v) is 3.38. The number of hydrogen-bond acceptors (Lipinski definition) is 1. The predicted molar refractivity (Wildman–Crippen MR) is 42.6 cm³/mol. The smallest absolute Gasteiger partial charge is 0.00214 e. The standard InChI is InChI=1S/C7H15N.CH4/c1-6(2)7-4-8(3)5-7;/h6-7H,4-5H2,1-3H3;1H4. The quantitative estimate of drug-likeness (QED) is 0.522. The van der Waals surface area contributed by atoms with Crippen molar-refractivity contribution >= 4 is 0 Å². The summed E-state index contributed by atoms with van der Waals surface area (Å²) in [6.45, 7) is 7.24. The first kappa shape index (κ1) is 8.96. The zero-order valence-electron chi connectivity index (χ0n) is 6.02. The van der Waals surface area contributed by atoms with Gasteiger partial charge in [-0.1, -0.05) is 21.3 Å². The average Bonchev–Trinajstić information content (AvgIpc) is 1.57. The highest BCUT2D eigenvalue weighted by Gasteiger charge is 2.25. The van der Waals surface area contributed by atoms with Crippen LogP contribution in [0.3, 0.4) is 0 Å². The Balaban J connectivity index is 0.000000640. The van der Waals surface area contributed by atoms with Gasteiger partial charge in [-0.3, -0.25) is 0 Å². The molecule has 0 aromatic rings. The Hall–Kier alpha value is -0.0400. The van der Waals surface area contributed by atoms with Crippen LogP contribution in [0.4, 0.5) is 0 Å². The van der Waals surface area contributed by atoms with E-state index in [2.05, 4.69) is 25.8 Å².